The number of rotatable bonds is 6. The molecule has 0 radical (unpaired) electrons. The largest absolute Gasteiger partial charge is 0.397 e. The molecule has 0 aliphatic rings. The zero-order valence-electron chi connectivity index (χ0n) is 14.3. The number of hydrogen-bond acceptors (Lipinski definition) is 4. The maximum absolute atomic E-state index is 5.90. The van der Waals surface area contributed by atoms with E-state index in [1.807, 2.05) is 0 Å². The first-order chi connectivity index (χ1) is 8.45. The van der Waals surface area contributed by atoms with Crippen molar-refractivity contribution in [3.05, 3.63) is 0 Å². The molecule has 0 spiro atoms. The summed E-state index contributed by atoms with van der Waals surface area (Å²) in [7, 11) is 2.14. The molecule has 6 heteroatoms. The topological polar surface area (TPSA) is 36.9 Å². The molecule has 0 aromatic carbocycles. The van der Waals surface area contributed by atoms with Gasteiger partial charge >= 0.3 is 17.1 Å². The predicted octanol–water partition coefficient (Wildman–Crippen LogP) is 3.60. The summed E-state index contributed by atoms with van der Waals surface area (Å²) in [6.45, 7) is 13.0. The van der Waals surface area contributed by atoms with E-state index in [-0.39, 0.29) is 10.1 Å². The molecule has 19 heavy (non-hydrogen) atoms. The molecule has 0 saturated heterocycles. The minimum Gasteiger partial charge on any atom is -0.397 e. The average molecular weight is 309 g/mol. The second kappa shape index (κ2) is 6.36. The first-order valence-corrected chi connectivity index (χ1v) is 10.7. The number of hydrogen-bond donors (Lipinski definition) is 0. The Bertz CT molecular complexity index is 245. The maximum Gasteiger partial charge on any atom is 0.345 e. The molecule has 0 aromatic rings. The lowest BCUT2D eigenvalue weighted by molar-refractivity contribution is 0.189. The molecule has 0 bridgehead atoms. The van der Waals surface area contributed by atoms with E-state index in [2.05, 4.69) is 41.5 Å². The third kappa shape index (κ3) is 3.68. The molecule has 0 rings (SSSR count). The maximum atomic E-state index is 5.90. The van der Waals surface area contributed by atoms with Crippen molar-refractivity contribution in [3.63, 3.8) is 0 Å². The van der Waals surface area contributed by atoms with Gasteiger partial charge in [0.15, 0.2) is 0 Å². The third-order valence-electron chi connectivity index (χ3n) is 4.07. The fourth-order valence-corrected chi connectivity index (χ4v) is 14.3. The van der Waals surface area contributed by atoms with Crippen LogP contribution in [0.5, 0.6) is 0 Å². The molecule has 4 nitrogen and oxygen atoms in total. The molecular formula is C13H32O4Si2. The van der Waals surface area contributed by atoms with Gasteiger partial charge in [0.05, 0.1) is 0 Å². The fourth-order valence-electron chi connectivity index (χ4n) is 2.52. The zero-order chi connectivity index (χ0) is 15.5. The van der Waals surface area contributed by atoms with E-state index in [1.165, 1.54) is 0 Å². The van der Waals surface area contributed by atoms with Crippen molar-refractivity contribution in [2.75, 3.05) is 28.4 Å². The third-order valence-corrected chi connectivity index (χ3v) is 15.0. The van der Waals surface area contributed by atoms with Crippen molar-refractivity contribution in [1.29, 1.82) is 0 Å². The molecule has 116 valence electrons. The summed E-state index contributed by atoms with van der Waals surface area (Å²) >= 11 is 0. The van der Waals surface area contributed by atoms with Crippen LogP contribution in [0.1, 0.15) is 41.5 Å². The van der Waals surface area contributed by atoms with Crippen LogP contribution in [0.15, 0.2) is 0 Å². The molecule has 0 amide bonds. The highest BCUT2D eigenvalue weighted by Gasteiger charge is 2.60. The summed E-state index contributed by atoms with van der Waals surface area (Å²) in [5, 5.41) is -0.0892. The van der Waals surface area contributed by atoms with Crippen molar-refractivity contribution in [2.45, 2.75) is 57.3 Å². The van der Waals surface area contributed by atoms with Gasteiger partial charge in [-0.1, -0.05) is 41.5 Å². The quantitative estimate of drug-likeness (QED) is 0.703. The van der Waals surface area contributed by atoms with Gasteiger partial charge in [-0.2, -0.15) is 0 Å². The molecule has 0 aliphatic carbocycles. The molecule has 0 atom stereocenters. The molecule has 0 aromatic heterocycles. The van der Waals surface area contributed by atoms with Crippen molar-refractivity contribution in [3.8, 4) is 0 Å². The summed E-state index contributed by atoms with van der Waals surface area (Å²) in [4.78, 5) is 0. The summed E-state index contributed by atoms with van der Waals surface area (Å²) in [5.74, 6) is 0. The van der Waals surface area contributed by atoms with Crippen LogP contribution in [-0.4, -0.2) is 45.6 Å². The van der Waals surface area contributed by atoms with Crippen LogP contribution in [0, 0.1) is 0 Å². The van der Waals surface area contributed by atoms with Crippen molar-refractivity contribution >= 4 is 17.1 Å². The Morgan fingerprint density at radius 2 is 0.789 bits per heavy atom. The smallest absolute Gasteiger partial charge is 0.345 e. The van der Waals surface area contributed by atoms with E-state index in [0.29, 0.717) is 0 Å². The van der Waals surface area contributed by atoms with E-state index in [9.17, 15) is 0 Å². The Morgan fingerprint density at radius 1 is 0.579 bits per heavy atom. The molecule has 0 fully saturated rings. The van der Waals surface area contributed by atoms with Crippen LogP contribution < -0.4 is 0 Å². The van der Waals surface area contributed by atoms with E-state index in [4.69, 9.17) is 17.7 Å². The fraction of sp³-hybridized carbons (Fsp3) is 1.00. The highest BCUT2D eigenvalue weighted by Crippen LogP contribution is 2.48. The van der Waals surface area contributed by atoms with E-state index in [1.54, 1.807) is 28.4 Å². The summed E-state index contributed by atoms with van der Waals surface area (Å²) in [6.07, 6.45) is 0. The normalized spacial score (nSPS) is 14.8. The van der Waals surface area contributed by atoms with E-state index >= 15 is 0 Å². The molecular weight excluding hydrogens is 276 g/mol. The summed E-state index contributed by atoms with van der Waals surface area (Å²) in [5.41, 5.74) is 0.757. The summed E-state index contributed by atoms with van der Waals surface area (Å²) in [6, 6.07) is 0. The van der Waals surface area contributed by atoms with Crippen LogP contribution in [-0.2, 0) is 17.7 Å². The lowest BCUT2D eigenvalue weighted by Gasteiger charge is -2.47. The van der Waals surface area contributed by atoms with Gasteiger partial charge in [0.1, 0.15) is 0 Å². The van der Waals surface area contributed by atoms with Crippen molar-refractivity contribution in [1.82, 2.24) is 0 Å². The zero-order valence-corrected chi connectivity index (χ0v) is 16.3. The van der Waals surface area contributed by atoms with E-state index in [0.717, 1.165) is 5.67 Å². The first kappa shape index (κ1) is 19.3. The van der Waals surface area contributed by atoms with Crippen LogP contribution >= 0.6 is 0 Å². The predicted molar refractivity (Wildman–Crippen MR) is 83.8 cm³/mol. The SMILES string of the molecule is CO[Si](C[Si](OC)(OC)C(C)(C)C)(OC)C(C)(C)C. The van der Waals surface area contributed by atoms with E-state index < -0.39 is 17.1 Å². The molecule has 0 unspecified atom stereocenters. The highest BCUT2D eigenvalue weighted by atomic mass is 28.4. The second-order valence-corrected chi connectivity index (χ2v) is 16.1. The van der Waals surface area contributed by atoms with Gasteiger partial charge in [-0.15, -0.1) is 0 Å². The first-order valence-electron chi connectivity index (χ1n) is 6.66. The molecule has 0 N–H and O–H groups in total. The highest BCUT2D eigenvalue weighted by molar-refractivity contribution is 6.88. The standard InChI is InChI=1S/C13H32O4Si2/c1-12(2,3)18(14-7,15-8)11-19(16-9,17-10)13(4,5)6/h11H2,1-10H3. The van der Waals surface area contributed by atoms with Gasteiger partial charge in [0, 0.05) is 44.2 Å². The van der Waals surface area contributed by atoms with Crippen LogP contribution in [0.4, 0.5) is 0 Å². The second-order valence-electron chi connectivity index (χ2n) is 7.00. The Hall–Kier alpha value is 0.274. The van der Waals surface area contributed by atoms with Crippen molar-refractivity contribution < 1.29 is 17.7 Å². The minimum absolute atomic E-state index is 0.0446. The Balaban J connectivity index is 5.66. The Kier molecular flexibility index (Phi) is 6.45. The molecule has 0 aliphatic heterocycles. The van der Waals surface area contributed by atoms with Crippen LogP contribution in [0.2, 0.25) is 15.7 Å². The lowest BCUT2D eigenvalue weighted by atomic mass is 10.2. The Labute approximate surface area is 121 Å². The van der Waals surface area contributed by atoms with Crippen LogP contribution in [0.25, 0.3) is 0 Å². The monoisotopic (exact) mass is 308 g/mol. The van der Waals surface area contributed by atoms with Crippen LogP contribution in [0.3, 0.4) is 0 Å². The van der Waals surface area contributed by atoms with Crippen molar-refractivity contribution in [2.24, 2.45) is 0 Å². The summed E-state index contributed by atoms with van der Waals surface area (Å²) < 4.78 is 23.6. The van der Waals surface area contributed by atoms with Gasteiger partial charge in [0.2, 0.25) is 0 Å². The van der Waals surface area contributed by atoms with Gasteiger partial charge in [-0.3, -0.25) is 0 Å². The minimum atomic E-state index is -2.42. The van der Waals surface area contributed by atoms with Gasteiger partial charge in [-0.25, -0.2) is 0 Å². The Morgan fingerprint density at radius 3 is 0.895 bits per heavy atom. The lowest BCUT2D eigenvalue weighted by Crippen LogP contribution is -2.61. The average Bonchev–Trinajstić information content (AvgIpc) is 2.28. The molecule has 0 saturated carbocycles. The molecule has 0 heterocycles. The van der Waals surface area contributed by atoms with Gasteiger partial charge in [0.25, 0.3) is 0 Å². The van der Waals surface area contributed by atoms with Gasteiger partial charge < -0.3 is 17.7 Å². The van der Waals surface area contributed by atoms with Gasteiger partial charge in [-0.05, 0) is 0 Å².